The Kier molecular flexibility index (Phi) is 4.56. The number of hydrogen-bond donors (Lipinski definition) is 0. The molecule has 0 saturated carbocycles. The number of anilines is 2. The molecule has 0 fully saturated rings. The Bertz CT molecular complexity index is 473. The molecule has 0 aliphatic carbocycles. The van der Waals surface area contributed by atoms with Crippen molar-refractivity contribution in [2.24, 2.45) is 0 Å². The third-order valence-corrected chi connectivity index (χ3v) is 3.46. The Labute approximate surface area is 124 Å². The van der Waals surface area contributed by atoms with Crippen molar-refractivity contribution in [3.63, 3.8) is 0 Å². The van der Waals surface area contributed by atoms with Gasteiger partial charge < -0.3 is 9.80 Å². The summed E-state index contributed by atoms with van der Waals surface area (Å²) < 4.78 is 0. The lowest BCUT2D eigenvalue weighted by molar-refractivity contribution is 0.855. The van der Waals surface area contributed by atoms with Crippen LogP contribution in [0.4, 0.5) is 11.4 Å². The van der Waals surface area contributed by atoms with Gasteiger partial charge in [-0.3, -0.25) is 0 Å². The topological polar surface area (TPSA) is 6.48 Å². The highest BCUT2D eigenvalue weighted by atomic mass is 35.5. The molecular formula is C15H16Cl2N2. The molecule has 0 spiro atoms. The summed E-state index contributed by atoms with van der Waals surface area (Å²) in [5.74, 6) is 0. The van der Waals surface area contributed by atoms with E-state index in [4.69, 9.17) is 23.2 Å². The minimum atomic E-state index is 0.753. The second-order valence-electron chi connectivity index (χ2n) is 4.49. The Morgan fingerprint density at radius 3 is 1.32 bits per heavy atom. The highest BCUT2D eigenvalue weighted by Crippen LogP contribution is 2.20. The van der Waals surface area contributed by atoms with Crippen molar-refractivity contribution >= 4 is 34.6 Å². The Balaban J connectivity index is 2.03. The molecule has 2 aromatic carbocycles. The second kappa shape index (κ2) is 6.18. The van der Waals surface area contributed by atoms with E-state index in [9.17, 15) is 0 Å². The van der Waals surface area contributed by atoms with Crippen LogP contribution in [-0.2, 0) is 0 Å². The van der Waals surface area contributed by atoms with Crippen LogP contribution >= 0.6 is 23.2 Å². The van der Waals surface area contributed by atoms with Crippen molar-refractivity contribution in [1.82, 2.24) is 0 Å². The first-order chi connectivity index (χ1) is 9.06. The smallest absolute Gasteiger partial charge is 0.0896 e. The lowest BCUT2D eigenvalue weighted by Crippen LogP contribution is -2.32. The molecule has 100 valence electrons. The average Bonchev–Trinajstić information content (AvgIpc) is 2.40. The molecule has 0 atom stereocenters. The normalized spacial score (nSPS) is 10.3. The summed E-state index contributed by atoms with van der Waals surface area (Å²) in [5, 5.41) is 1.51. The van der Waals surface area contributed by atoms with Gasteiger partial charge in [0.15, 0.2) is 0 Å². The van der Waals surface area contributed by atoms with Crippen molar-refractivity contribution in [2.75, 3.05) is 30.6 Å². The molecule has 0 aliphatic rings. The van der Waals surface area contributed by atoms with Crippen LogP contribution in [0.15, 0.2) is 48.5 Å². The fourth-order valence-electron chi connectivity index (χ4n) is 1.87. The van der Waals surface area contributed by atoms with Crippen LogP contribution < -0.4 is 9.80 Å². The summed E-state index contributed by atoms with van der Waals surface area (Å²) in [5.41, 5.74) is 2.26. The quantitative estimate of drug-likeness (QED) is 0.765. The van der Waals surface area contributed by atoms with Gasteiger partial charge in [0, 0.05) is 35.5 Å². The molecule has 0 amide bonds. The first-order valence-corrected chi connectivity index (χ1v) is 6.75. The van der Waals surface area contributed by atoms with Crippen LogP contribution in [0, 0.1) is 0 Å². The van der Waals surface area contributed by atoms with Crippen LogP contribution in [-0.4, -0.2) is 20.8 Å². The molecule has 4 heteroatoms. The molecule has 0 unspecified atom stereocenters. The second-order valence-corrected chi connectivity index (χ2v) is 5.36. The van der Waals surface area contributed by atoms with Crippen molar-refractivity contribution in [1.29, 1.82) is 0 Å². The van der Waals surface area contributed by atoms with Crippen LogP contribution in [0.25, 0.3) is 0 Å². The monoisotopic (exact) mass is 294 g/mol. The van der Waals surface area contributed by atoms with Gasteiger partial charge >= 0.3 is 0 Å². The summed E-state index contributed by atoms with van der Waals surface area (Å²) >= 11 is 11.8. The van der Waals surface area contributed by atoms with Gasteiger partial charge in [-0.2, -0.15) is 0 Å². The highest BCUT2D eigenvalue weighted by Gasteiger charge is 2.05. The highest BCUT2D eigenvalue weighted by molar-refractivity contribution is 6.30. The van der Waals surface area contributed by atoms with Gasteiger partial charge in [-0.05, 0) is 48.5 Å². The average molecular weight is 295 g/mol. The number of nitrogens with zero attached hydrogens (tertiary/aromatic N) is 2. The van der Waals surface area contributed by atoms with E-state index >= 15 is 0 Å². The minimum absolute atomic E-state index is 0.753. The fraction of sp³-hybridized carbons (Fsp3) is 0.200. The Hall–Kier alpha value is -1.38. The summed E-state index contributed by atoms with van der Waals surface area (Å²) in [6, 6.07) is 15.6. The zero-order valence-corrected chi connectivity index (χ0v) is 12.5. The maximum absolute atomic E-state index is 5.89. The summed E-state index contributed by atoms with van der Waals surface area (Å²) in [7, 11) is 4.10. The van der Waals surface area contributed by atoms with Crippen molar-refractivity contribution in [3.05, 3.63) is 58.6 Å². The molecule has 2 rings (SSSR count). The standard InChI is InChI=1S/C15H16Cl2N2/c1-18(14-7-3-12(16)4-8-14)11-19(2)15-9-5-13(17)6-10-15/h3-10H,11H2,1-2H3. The van der Waals surface area contributed by atoms with Crippen molar-refractivity contribution in [3.8, 4) is 0 Å². The Morgan fingerprint density at radius 1 is 0.684 bits per heavy atom. The van der Waals surface area contributed by atoms with Crippen LogP contribution in [0.3, 0.4) is 0 Å². The minimum Gasteiger partial charge on any atom is -0.357 e. The van der Waals surface area contributed by atoms with E-state index in [-0.39, 0.29) is 0 Å². The first kappa shape index (κ1) is 14.0. The van der Waals surface area contributed by atoms with Gasteiger partial charge in [0.05, 0.1) is 6.67 Å². The molecule has 0 N–H and O–H groups in total. The molecule has 0 aromatic heterocycles. The molecular weight excluding hydrogens is 279 g/mol. The lowest BCUT2D eigenvalue weighted by atomic mass is 10.3. The molecule has 2 nitrogen and oxygen atoms in total. The largest absolute Gasteiger partial charge is 0.357 e. The van der Waals surface area contributed by atoms with Gasteiger partial charge in [-0.1, -0.05) is 23.2 Å². The van der Waals surface area contributed by atoms with Crippen molar-refractivity contribution in [2.45, 2.75) is 0 Å². The first-order valence-electron chi connectivity index (χ1n) is 5.99. The predicted molar refractivity (Wildman–Crippen MR) is 84.6 cm³/mol. The summed E-state index contributed by atoms with van der Waals surface area (Å²) in [4.78, 5) is 4.32. The van der Waals surface area contributed by atoms with Gasteiger partial charge in [0.2, 0.25) is 0 Å². The zero-order chi connectivity index (χ0) is 13.8. The van der Waals surface area contributed by atoms with Gasteiger partial charge in [-0.15, -0.1) is 0 Å². The van der Waals surface area contributed by atoms with E-state index in [0.29, 0.717) is 0 Å². The Morgan fingerprint density at radius 2 is 1.00 bits per heavy atom. The van der Waals surface area contributed by atoms with Crippen LogP contribution in [0.2, 0.25) is 10.0 Å². The van der Waals surface area contributed by atoms with E-state index in [1.165, 1.54) is 0 Å². The van der Waals surface area contributed by atoms with E-state index < -0.39 is 0 Å². The number of rotatable bonds is 4. The zero-order valence-electron chi connectivity index (χ0n) is 11.0. The maximum atomic E-state index is 5.89. The third-order valence-electron chi connectivity index (χ3n) is 2.96. The number of hydrogen-bond acceptors (Lipinski definition) is 2. The van der Waals surface area contributed by atoms with Gasteiger partial charge in [0.25, 0.3) is 0 Å². The van der Waals surface area contributed by atoms with Gasteiger partial charge in [-0.25, -0.2) is 0 Å². The SMILES string of the molecule is CN(CN(C)c1ccc(Cl)cc1)c1ccc(Cl)cc1. The lowest BCUT2D eigenvalue weighted by Gasteiger charge is -2.27. The maximum Gasteiger partial charge on any atom is 0.0896 e. The fourth-order valence-corrected chi connectivity index (χ4v) is 2.12. The van der Waals surface area contributed by atoms with E-state index in [2.05, 4.69) is 23.9 Å². The van der Waals surface area contributed by atoms with E-state index in [0.717, 1.165) is 28.1 Å². The predicted octanol–water partition coefficient (Wildman–Crippen LogP) is 4.52. The number of benzene rings is 2. The van der Waals surface area contributed by atoms with Gasteiger partial charge in [0.1, 0.15) is 0 Å². The molecule has 0 bridgehead atoms. The molecule has 0 aliphatic heterocycles. The molecule has 0 radical (unpaired) electrons. The molecule has 19 heavy (non-hydrogen) atoms. The number of halogens is 2. The molecule has 0 heterocycles. The summed E-state index contributed by atoms with van der Waals surface area (Å²) in [6.07, 6.45) is 0. The third kappa shape index (κ3) is 3.79. The van der Waals surface area contributed by atoms with Crippen LogP contribution in [0.1, 0.15) is 0 Å². The molecule has 2 aromatic rings. The van der Waals surface area contributed by atoms with Crippen molar-refractivity contribution < 1.29 is 0 Å². The summed E-state index contributed by atoms with van der Waals surface area (Å²) in [6.45, 7) is 0.781. The van der Waals surface area contributed by atoms with E-state index in [1.54, 1.807) is 0 Å². The van der Waals surface area contributed by atoms with E-state index in [1.807, 2.05) is 48.5 Å². The van der Waals surface area contributed by atoms with Crippen LogP contribution in [0.5, 0.6) is 0 Å². The molecule has 0 saturated heterocycles.